The predicted molar refractivity (Wildman–Crippen MR) is 103 cm³/mol. The monoisotopic (exact) mass is 354 g/mol. The molecule has 0 fully saturated rings. The molecule has 0 aliphatic carbocycles. The maximum absolute atomic E-state index is 13.2. The first-order valence-corrected chi connectivity index (χ1v) is 9.30. The fraction of sp³-hybridized carbons (Fsp3) is 0.286. The third-order valence-electron chi connectivity index (χ3n) is 4.13. The second-order valence-corrected chi connectivity index (χ2v) is 8.10. The first kappa shape index (κ1) is 17.8. The number of rotatable bonds is 5. The summed E-state index contributed by atoms with van der Waals surface area (Å²) in [4.78, 5) is 4.74. The summed E-state index contributed by atoms with van der Waals surface area (Å²) in [5, 5.41) is 6.73. The van der Waals surface area contributed by atoms with E-state index in [1.807, 2.05) is 30.3 Å². The molecule has 130 valence electrons. The molecule has 0 bridgehead atoms. The van der Waals surface area contributed by atoms with Crippen molar-refractivity contribution in [1.29, 1.82) is 0 Å². The molecule has 4 heteroatoms. The molecular weight excluding hydrogens is 331 g/mol. The zero-order chi connectivity index (χ0) is 17.9. The SMILES string of the molecule is CC(C)(C)C(NCc1csc(-c2ccccc2)n1)c1ccc(F)cc1. The number of hydrogen-bond donors (Lipinski definition) is 1. The average molecular weight is 354 g/mol. The molecule has 0 radical (unpaired) electrons. The second kappa shape index (κ2) is 7.46. The fourth-order valence-corrected chi connectivity index (χ4v) is 3.71. The fourth-order valence-electron chi connectivity index (χ4n) is 2.89. The van der Waals surface area contributed by atoms with E-state index in [2.05, 4.69) is 43.6 Å². The average Bonchev–Trinajstić information content (AvgIpc) is 3.05. The van der Waals surface area contributed by atoms with E-state index >= 15 is 0 Å². The van der Waals surface area contributed by atoms with Gasteiger partial charge in [-0.2, -0.15) is 0 Å². The Bertz CT molecular complexity index is 804. The molecule has 1 N–H and O–H groups in total. The molecule has 1 heterocycles. The van der Waals surface area contributed by atoms with Crippen molar-refractivity contribution in [2.24, 2.45) is 5.41 Å². The van der Waals surface area contributed by atoms with Crippen molar-refractivity contribution >= 4 is 11.3 Å². The highest BCUT2D eigenvalue weighted by molar-refractivity contribution is 7.13. The van der Waals surface area contributed by atoms with Gasteiger partial charge in [0.15, 0.2) is 0 Å². The van der Waals surface area contributed by atoms with Crippen LogP contribution in [0.15, 0.2) is 60.0 Å². The quantitative estimate of drug-likeness (QED) is 0.624. The molecule has 3 rings (SSSR count). The molecule has 0 saturated heterocycles. The Labute approximate surface area is 152 Å². The van der Waals surface area contributed by atoms with Gasteiger partial charge in [-0.15, -0.1) is 11.3 Å². The minimum Gasteiger partial charge on any atom is -0.304 e. The Morgan fingerprint density at radius 2 is 1.72 bits per heavy atom. The highest BCUT2D eigenvalue weighted by Gasteiger charge is 2.26. The molecule has 0 spiro atoms. The van der Waals surface area contributed by atoms with Gasteiger partial charge >= 0.3 is 0 Å². The highest BCUT2D eigenvalue weighted by atomic mass is 32.1. The van der Waals surface area contributed by atoms with Crippen molar-refractivity contribution in [3.05, 3.63) is 77.1 Å². The van der Waals surface area contributed by atoms with Gasteiger partial charge in [-0.05, 0) is 23.1 Å². The van der Waals surface area contributed by atoms with Gasteiger partial charge in [-0.1, -0.05) is 63.2 Å². The van der Waals surface area contributed by atoms with Crippen LogP contribution in [0.3, 0.4) is 0 Å². The summed E-state index contributed by atoms with van der Waals surface area (Å²) in [5.74, 6) is -0.205. The summed E-state index contributed by atoms with van der Waals surface area (Å²) in [5.41, 5.74) is 3.27. The Morgan fingerprint density at radius 1 is 1.04 bits per heavy atom. The maximum atomic E-state index is 13.2. The van der Waals surface area contributed by atoms with Crippen LogP contribution in [-0.4, -0.2) is 4.98 Å². The Morgan fingerprint density at radius 3 is 2.36 bits per heavy atom. The summed E-state index contributed by atoms with van der Waals surface area (Å²) >= 11 is 1.66. The Balaban J connectivity index is 1.74. The summed E-state index contributed by atoms with van der Waals surface area (Å²) in [6, 6.07) is 17.1. The van der Waals surface area contributed by atoms with Crippen LogP contribution in [0.5, 0.6) is 0 Å². The first-order valence-electron chi connectivity index (χ1n) is 8.42. The Kier molecular flexibility index (Phi) is 5.30. The molecule has 25 heavy (non-hydrogen) atoms. The molecular formula is C21H23FN2S. The van der Waals surface area contributed by atoms with Gasteiger partial charge in [0.05, 0.1) is 5.69 Å². The summed E-state index contributed by atoms with van der Waals surface area (Å²) in [6.07, 6.45) is 0. The molecule has 1 unspecified atom stereocenters. The van der Waals surface area contributed by atoms with Gasteiger partial charge in [0.1, 0.15) is 10.8 Å². The van der Waals surface area contributed by atoms with Crippen molar-refractivity contribution in [2.45, 2.75) is 33.4 Å². The highest BCUT2D eigenvalue weighted by Crippen LogP contribution is 2.33. The topological polar surface area (TPSA) is 24.9 Å². The van der Waals surface area contributed by atoms with Crippen LogP contribution in [0, 0.1) is 11.2 Å². The predicted octanol–water partition coefficient (Wildman–Crippen LogP) is 5.83. The van der Waals surface area contributed by atoms with Crippen LogP contribution in [0.2, 0.25) is 0 Å². The smallest absolute Gasteiger partial charge is 0.123 e. The van der Waals surface area contributed by atoms with Crippen molar-refractivity contribution in [2.75, 3.05) is 0 Å². The van der Waals surface area contributed by atoms with E-state index in [9.17, 15) is 4.39 Å². The van der Waals surface area contributed by atoms with Gasteiger partial charge in [-0.3, -0.25) is 0 Å². The maximum Gasteiger partial charge on any atom is 0.123 e. The van der Waals surface area contributed by atoms with E-state index in [0.29, 0.717) is 6.54 Å². The lowest BCUT2D eigenvalue weighted by atomic mass is 9.82. The van der Waals surface area contributed by atoms with Crippen LogP contribution in [0.1, 0.15) is 38.1 Å². The molecule has 0 amide bonds. The van der Waals surface area contributed by atoms with Crippen LogP contribution in [0.25, 0.3) is 10.6 Å². The number of nitrogens with zero attached hydrogens (tertiary/aromatic N) is 1. The number of aromatic nitrogens is 1. The second-order valence-electron chi connectivity index (χ2n) is 7.24. The summed E-state index contributed by atoms with van der Waals surface area (Å²) < 4.78 is 13.2. The van der Waals surface area contributed by atoms with Crippen molar-refractivity contribution < 1.29 is 4.39 Å². The first-order chi connectivity index (χ1) is 11.9. The van der Waals surface area contributed by atoms with E-state index < -0.39 is 0 Å². The Hall–Kier alpha value is -2.04. The van der Waals surface area contributed by atoms with E-state index in [1.54, 1.807) is 11.3 Å². The number of hydrogen-bond acceptors (Lipinski definition) is 3. The van der Waals surface area contributed by atoms with Gasteiger partial charge in [-0.25, -0.2) is 9.37 Å². The van der Waals surface area contributed by atoms with Crippen LogP contribution in [0.4, 0.5) is 4.39 Å². The van der Waals surface area contributed by atoms with Crippen LogP contribution in [-0.2, 0) is 6.54 Å². The minimum absolute atomic E-state index is 0.0100. The third kappa shape index (κ3) is 4.53. The van der Waals surface area contributed by atoms with Crippen molar-refractivity contribution in [3.8, 4) is 10.6 Å². The lowest BCUT2D eigenvalue weighted by molar-refractivity contribution is 0.270. The number of benzene rings is 2. The van der Waals surface area contributed by atoms with Crippen LogP contribution >= 0.6 is 11.3 Å². The summed E-state index contributed by atoms with van der Waals surface area (Å²) in [7, 11) is 0. The van der Waals surface area contributed by atoms with E-state index in [4.69, 9.17) is 4.98 Å². The molecule has 0 saturated carbocycles. The van der Waals surface area contributed by atoms with Gasteiger partial charge < -0.3 is 5.32 Å². The minimum atomic E-state index is -0.205. The third-order valence-corrected chi connectivity index (χ3v) is 5.07. The molecule has 1 atom stereocenters. The van der Waals surface area contributed by atoms with Gasteiger partial charge in [0.2, 0.25) is 0 Å². The van der Waals surface area contributed by atoms with E-state index in [-0.39, 0.29) is 17.3 Å². The molecule has 1 aromatic heterocycles. The lowest BCUT2D eigenvalue weighted by Crippen LogP contribution is -2.32. The molecule has 0 aliphatic heterocycles. The number of halogens is 1. The number of thiazole rings is 1. The van der Waals surface area contributed by atoms with E-state index in [0.717, 1.165) is 21.8 Å². The normalized spacial score (nSPS) is 13.0. The molecule has 0 aliphatic rings. The zero-order valence-corrected chi connectivity index (χ0v) is 15.6. The van der Waals surface area contributed by atoms with E-state index in [1.165, 1.54) is 12.1 Å². The van der Waals surface area contributed by atoms with Crippen molar-refractivity contribution in [3.63, 3.8) is 0 Å². The molecule has 2 aromatic carbocycles. The van der Waals surface area contributed by atoms with Gasteiger partial charge in [0.25, 0.3) is 0 Å². The lowest BCUT2D eigenvalue weighted by Gasteiger charge is -2.32. The number of nitrogens with one attached hydrogen (secondary N) is 1. The zero-order valence-electron chi connectivity index (χ0n) is 14.8. The van der Waals surface area contributed by atoms with Gasteiger partial charge in [0, 0.05) is 23.5 Å². The molecule has 2 nitrogen and oxygen atoms in total. The van der Waals surface area contributed by atoms with Crippen LogP contribution < -0.4 is 5.32 Å². The molecule has 3 aromatic rings. The standard InChI is InChI=1S/C21H23FN2S/c1-21(2,3)19(15-9-11-17(22)12-10-15)23-13-18-14-25-20(24-18)16-7-5-4-6-8-16/h4-12,14,19,23H,13H2,1-3H3. The summed E-state index contributed by atoms with van der Waals surface area (Å²) in [6.45, 7) is 7.24. The van der Waals surface area contributed by atoms with Crippen molar-refractivity contribution in [1.82, 2.24) is 10.3 Å². The largest absolute Gasteiger partial charge is 0.304 e.